The molecule has 0 amide bonds. The van der Waals surface area contributed by atoms with Gasteiger partial charge in [0.2, 0.25) is 0 Å². The van der Waals surface area contributed by atoms with Gasteiger partial charge >= 0.3 is 5.78 Å². The minimum absolute atomic E-state index is 0. The minimum atomic E-state index is 0. The van der Waals surface area contributed by atoms with Gasteiger partial charge in [-0.2, -0.15) is 0 Å². The zero-order valence-electron chi connectivity index (χ0n) is 5.03. The van der Waals surface area contributed by atoms with Crippen molar-refractivity contribution >= 4 is 5.78 Å². The van der Waals surface area contributed by atoms with Crippen LogP contribution in [-0.2, 0) is 0 Å². The number of halogens is 1. The second-order valence-corrected chi connectivity index (χ2v) is 1.68. The van der Waals surface area contributed by atoms with Gasteiger partial charge in [0.1, 0.15) is 6.20 Å². The van der Waals surface area contributed by atoms with Crippen LogP contribution in [0.4, 0.5) is 0 Å². The topological polar surface area (TPSA) is 45.7 Å². The lowest BCUT2D eigenvalue weighted by atomic mass is 10.7. The summed E-state index contributed by atoms with van der Waals surface area (Å²) in [7, 11) is 0. The Labute approximate surface area is 74.3 Å². The smallest absolute Gasteiger partial charge is 0.456 e. The molecule has 2 aromatic heterocycles. The molecule has 5 heteroatoms. The molecule has 0 unspecified atom stereocenters. The van der Waals surface area contributed by atoms with Gasteiger partial charge in [-0.15, -0.1) is 4.52 Å². The summed E-state index contributed by atoms with van der Waals surface area (Å²) in [6.45, 7) is 0. The molecular formula is C5H5IN4. The molecule has 2 aromatic rings. The van der Waals surface area contributed by atoms with E-state index in [0.29, 0.717) is 5.78 Å². The quantitative estimate of drug-likeness (QED) is 0.389. The molecule has 0 saturated carbocycles. The van der Waals surface area contributed by atoms with E-state index in [1.54, 1.807) is 17.0 Å². The monoisotopic (exact) mass is 248 g/mol. The Balaban J connectivity index is 0.000000500. The summed E-state index contributed by atoms with van der Waals surface area (Å²) in [5.41, 5.74) is 0. The first-order valence-electron chi connectivity index (χ1n) is 2.62. The molecule has 0 fully saturated rings. The maximum absolute atomic E-state index is 3.96. The number of hydrogen-bond acceptors (Lipinski definition) is 2. The van der Waals surface area contributed by atoms with Crippen LogP contribution in [0.15, 0.2) is 24.8 Å². The van der Waals surface area contributed by atoms with E-state index >= 15 is 0 Å². The van der Waals surface area contributed by atoms with Crippen LogP contribution in [0, 0.1) is 0 Å². The number of H-pyrrole nitrogens is 1. The summed E-state index contributed by atoms with van der Waals surface area (Å²) >= 11 is 0. The summed E-state index contributed by atoms with van der Waals surface area (Å²) in [5.74, 6) is 0.692. The predicted octanol–water partition coefficient (Wildman–Crippen LogP) is -3.45. The SMILES string of the molecule is [I-].c1cnc2nc[nH][n+]2c1. The van der Waals surface area contributed by atoms with E-state index < -0.39 is 0 Å². The third kappa shape index (κ3) is 1.08. The van der Waals surface area contributed by atoms with E-state index in [0.717, 1.165) is 0 Å². The largest absolute Gasteiger partial charge is 1.00 e. The van der Waals surface area contributed by atoms with Crippen molar-refractivity contribution in [3.05, 3.63) is 24.8 Å². The normalized spacial score (nSPS) is 9.20. The summed E-state index contributed by atoms with van der Waals surface area (Å²) in [5, 5.41) is 2.86. The molecule has 0 aromatic carbocycles. The van der Waals surface area contributed by atoms with Gasteiger partial charge in [-0.05, 0) is 0 Å². The van der Waals surface area contributed by atoms with E-state index in [1.165, 1.54) is 0 Å². The van der Waals surface area contributed by atoms with Crippen molar-refractivity contribution in [3.8, 4) is 0 Å². The zero-order chi connectivity index (χ0) is 6.10. The lowest BCUT2D eigenvalue weighted by molar-refractivity contribution is -0.579. The average molecular weight is 248 g/mol. The summed E-state index contributed by atoms with van der Waals surface area (Å²) in [6, 6.07) is 1.84. The highest BCUT2D eigenvalue weighted by molar-refractivity contribution is 5.10. The van der Waals surface area contributed by atoms with Crippen LogP contribution in [-0.4, -0.2) is 15.1 Å². The van der Waals surface area contributed by atoms with Gasteiger partial charge in [0, 0.05) is 6.07 Å². The molecule has 2 rings (SSSR count). The Morgan fingerprint density at radius 3 is 3.10 bits per heavy atom. The molecule has 2 heterocycles. The fourth-order valence-electron chi connectivity index (χ4n) is 0.708. The van der Waals surface area contributed by atoms with Crippen LogP contribution in [0.3, 0.4) is 0 Å². The number of aromatic nitrogens is 4. The first-order valence-corrected chi connectivity index (χ1v) is 2.62. The van der Waals surface area contributed by atoms with Crippen LogP contribution in [0.2, 0.25) is 0 Å². The molecular weight excluding hydrogens is 243 g/mol. The molecule has 0 aliphatic heterocycles. The van der Waals surface area contributed by atoms with Gasteiger partial charge in [-0.25, -0.2) is 5.10 Å². The van der Waals surface area contributed by atoms with Crippen molar-refractivity contribution in [1.29, 1.82) is 0 Å². The lowest BCUT2D eigenvalue weighted by Gasteiger charge is -1.75. The van der Waals surface area contributed by atoms with Gasteiger partial charge < -0.3 is 24.0 Å². The fourth-order valence-corrected chi connectivity index (χ4v) is 0.708. The van der Waals surface area contributed by atoms with Crippen molar-refractivity contribution in [3.63, 3.8) is 0 Å². The third-order valence-corrected chi connectivity index (χ3v) is 1.10. The molecule has 0 aliphatic carbocycles. The van der Waals surface area contributed by atoms with Gasteiger partial charge in [0.15, 0.2) is 6.33 Å². The Bertz CT molecular complexity index is 288. The zero-order valence-corrected chi connectivity index (χ0v) is 7.19. The Morgan fingerprint density at radius 1 is 1.40 bits per heavy atom. The molecule has 0 saturated heterocycles. The fraction of sp³-hybridized carbons (Fsp3) is 0. The molecule has 52 valence electrons. The van der Waals surface area contributed by atoms with E-state index in [4.69, 9.17) is 0 Å². The number of rotatable bonds is 0. The number of nitrogens with zero attached hydrogens (tertiary/aromatic N) is 3. The number of nitrogens with one attached hydrogen (secondary N) is 1. The van der Waals surface area contributed by atoms with Crippen LogP contribution in [0.25, 0.3) is 5.78 Å². The van der Waals surface area contributed by atoms with E-state index in [1.807, 2.05) is 12.3 Å². The second-order valence-electron chi connectivity index (χ2n) is 1.68. The highest BCUT2D eigenvalue weighted by atomic mass is 127. The Morgan fingerprint density at radius 2 is 2.30 bits per heavy atom. The van der Waals surface area contributed by atoms with Crippen LogP contribution < -0.4 is 28.5 Å². The first-order chi connectivity index (χ1) is 4.47. The average Bonchev–Trinajstić information content (AvgIpc) is 2.33. The summed E-state index contributed by atoms with van der Waals surface area (Å²) < 4.78 is 1.74. The van der Waals surface area contributed by atoms with Crippen molar-refractivity contribution in [1.82, 2.24) is 15.1 Å². The van der Waals surface area contributed by atoms with E-state index in [2.05, 4.69) is 15.1 Å². The molecule has 0 atom stereocenters. The molecule has 0 bridgehead atoms. The molecule has 10 heavy (non-hydrogen) atoms. The molecule has 1 N–H and O–H groups in total. The third-order valence-electron chi connectivity index (χ3n) is 1.10. The second kappa shape index (κ2) is 2.91. The van der Waals surface area contributed by atoms with Gasteiger partial charge in [0.25, 0.3) is 0 Å². The predicted molar refractivity (Wildman–Crippen MR) is 29.5 cm³/mol. The number of fused-ring (bicyclic) bond motifs is 1. The van der Waals surface area contributed by atoms with Crippen molar-refractivity contribution in [2.45, 2.75) is 0 Å². The first kappa shape index (κ1) is 7.39. The molecule has 0 spiro atoms. The maximum Gasteiger partial charge on any atom is 0.456 e. The van der Waals surface area contributed by atoms with Crippen LogP contribution >= 0.6 is 0 Å². The highest BCUT2D eigenvalue weighted by Gasteiger charge is 1.99. The molecule has 4 nitrogen and oxygen atoms in total. The van der Waals surface area contributed by atoms with Crippen LogP contribution in [0.1, 0.15) is 0 Å². The van der Waals surface area contributed by atoms with E-state index in [-0.39, 0.29) is 24.0 Å². The van der Waals surface area contributed by atoms with Crippen LogP contribution in [0.5, 0.6) is 0 Å². The van der Waals surface area contributed by atoms with Crippen molar-refractivity contribution in [2.24, 2.45) is 0 Å². The molecule has 0 radical (unpaired) electrons. The van der Waals surface area contributed by atoms with Gasteiger partial charge in [-0.1, -0.05) is 9.97 Å². The summed E-state index contributed by atoms with van der Waals surface area (Å²) in [4.78, 5) is 7.88. The van der Waals surface area contributed by atoms with Crippen molar-refractivity contribution < 1.29 is 28.5 Å². The van der Waals surface area contributed by atoms with E-state index in [9.17, 15) is 0 Å². The molecule has 0 aliphatic rings. The highest BCUT2D eigenvalue weighted by Crippen LogP contribution is 1.78. The standard InChI is InChI=1S/C5H4N4.HI/c1-2-6-5-7-4-8-9(5)3-1;/h1-4H;1H. The van der Waals surface area contributed by atoms with Crippen molar-refractivity contribution in [2.75, 3.05) is 0 Å². The lowest BCUT2D eigenvalue weighted by Crippen LogP contribution is -3.00. The maximum atomic E-state index is 3.96. The van der Waals surface area contributed by atoms with Gasteiger partial charge in [-0.3, -0.25) is 0 Å². The summed E-state index contributed by atoms with van der Waals surface area (Å²) in [6.07, 6.45) is 5.16. The Hall–Kier alpha value is -0.720. The number of aromatic amines is 1. The minimum Gasteiger partial charge on any atom is -1.00 e. The number of hydrogen-bond donors (Lipinski definition) is 1. The Kier molecular flexibility index (Phi) is 2.15. The van der Waals surface area contributed by atoms with Gasteiger partial charge in [0.05, 0.1) is 6.20 Å².